The van der Waals surface area contributed by atoms with Gasteiger partial charge in [0.25, 0.3) is 0 Å². The average molecular weight is 242 g/mol. The lowest BCUT2D eigenvalue weighted by Crippen LogP contribution is -2.15. The summed E-state index contributed by atoms with van der Waals surface area (Å²) < 4.78 is 5.54. The molecule has 0 saturated carbocycles. The molecule has 3 heteroatoms. The smallest absolute Gasteiger partial charge is 0.133 e. The zero-order chi connectivity index (χ0) is 11.2. The maximum Gasteiger partial charge on any atom is 0.133 e. The summed E-state index contributed by atoms with van der Waals surface area (Å²) in [6.07, 6.45) is 7.74. The summed E-state index contributed by atoms with van der Waals surface area (Å²) in [6.45, 7) is 0.901. The van der Waals surface area contributed by atoms with Crippen LogP contribution in [0.15, 0.2) is 0 Å². The summed E-state index contributed by atoms with van der Waals surface area (Å²) in [5.74, 6) is 3.65. The monoisotopic (exact) mass is 242 g/mol. The van der Waals surface area contributed by atoms with Gasteiger partial charge >= 0.3 is 0 Å². The minimum atomic E-state index is 0.380. The number of hydrogen-bond donors (Lipinski definition) is 0. The van der Waals surface area contributed by atoms with Gasteiger partial charge in [0.05, 0.1) is 6.10 Å². The van der Waals surface area contributed by atoms with Crippen LogP contribution in [-0.4, -0.2) is 30.0 Å². The van der Waals surface area contributed by atoms with Crippen molar-refractivity contribution in [1.82, 2.24) is 0 Å². The lowest BCUT2D eigenvalue weighted by Gasteiger charge is -2.20. The third kappa shape index (κ3) is 4.10. The Labute approximate surface area is 103 Å². The Morgan fingerprint density at radius 2 is 2.06 bits per heavy atom. The Balaban J connectivity index is 1.59. The predicted molar refractivity (Wildman–Crippen MR) is 67.9 cm³/mol. The quantitative estimate of drug-likeness (QED) is 0.741. The van der Waals surface area contributed by atoms with E-state index in [4.69, 9.17) is 4.74 Å². The van der Waals surface area contributed by atoms with Gasteiger partial charge in [0.15, 0.2) is 0 Å². The van der Waals surface area contributed by atoms with E-state index >= 15 is 0 Å². The summed E-state index contributed by atoms with van der Waals surface area (Å²) in [5.41, 5.74) is 0. The van der Waals surface area contributed by atoms with Crippen LogP contribution in [-0.2, 0) is 9.53 Å². The number of rotatable bonds is 5. The summed E-state index contributed by atoms with van der Waals surface area (Å²) >= 11 is 2.03. The van der Waals surface area contributed by atoms with Crippen LogP contribution in [0, 0.1) is 5.92 Å². The highest BCUT2D eigenvalue weighted by Crippen LogP contribution is 2.26. The Kier molecular flexibility index (Phi) is 5.17. The van der Waals surface area contributed by atoms with Gasteiger partial charge in [-0.25, -0.2) is 0 Å². The minimum Gasteiger partial charge on any atom is -0.378 e. The number of carbonyl (C=O) groups excluding carboxylic acids is 1. The van der Waals surface area contributed by atoms with Crippen LogP contribution in [0.25, 0.3) is 0 Å². The van der Waals surface area contributed by atoms with Crippen molar-refractivity contribution in [1.29, 1.82) is 0 Å². The van der Waals surface area contributed by atoms with Crippen molar-refractivity contribution in [2.24, 2.45) is 5.92 Å². The predicted octanol–water partition coefficient (Wildman–Crippen LogP) is 3.05. The first-order chi connectivity index (χ1) is 7.84. The molecule has 0 aromatic heterocycles. The molecule has 16 heavy (non-hydrogen) atoms. The molecule has 0 aromatic rings. The third-order valence-electron chi connectivity index (χ3n) is 3.63. The highest BCUT2D eigenvalue weighted by Gasteiger charge is 2.20. The van der Waals surface area contributed by atoms with Crippen molar-refractivity contribution in [2.75, 3.05) is 18.1 Å². The van der Waals surface area contributed by atoms with Crippen LogP contribution < -0.4 is 0 Å². The first kappa shape index (κ1) is 12.4. The van der Waals surface area contributed by atoms with Crippen molar-refractivity contribution >= 4 is 17.5 Å². The normalized spacial score (nSPS) is 27.1. The highest BCUT2D eigenvalue weighted by molar-refractivity contribution is 7.99. The largest absolute Gasteiger partial charge is 0.378 e. The van der Waals surface area contributed by atoms with Gasteiger partial charge in [0.1, 0.15) is 5.78 Å². The number of carbonyl (C=O) groups is 1. The first-order valence-electron chi connectivity index (χ1n) is 6.55. The zero-order valence-electron chi connectivity index (χ0n) is 9.95. The van der Waals surface area contributed by atoms with E-state index in [0.717, 1.165) is 32.3 Å². The standard InChI is InChI=1S/C13H22O2S/c14-12(3-4-13-2-1-7-15-13)10-11-5-8-16-9-6-11/h11,13H,1-10H2. The van der Waals surface area contributed by atoms with Crippen LogP contribution in [0.1, 0.15) is 44.9 Å². The lowest BCUT2D eigenvalue weighted by atomic mass is 9.94. The van der Waals surface area contributed by atoms with Crippen LogP contribution in [0.3, 0.4) is 0 Å². The van der Waals surface area contributed by atoms with Crippen molar-refractivity contribution in [3.63, 3.8) is 0 Å². The molecule has 0 amide bonds. The molecule has 2 rings (SSSR count). The number of ketones is 1. The number of Topliss-reactive ketones (excluding diaryl/α,β-unsaturated/α-hetero) is 1. The van der Waals surface area contributed by atoms with Gasteiger partial charge < -0.3 is 4.74 Å². The Morgan fingerprint density at radius 1 is 1.25 bits per heavy atom. The molecule has 2 heterocycles. The van der Waals surface area contributed by atoms with Crippen molar-refractivity contribution in [3.8, 4) is 0 Å². The summed E-state index contributed by atoms with van der Waals surface area (Å²) in [7, 11) is 0. The average Bonchev–Trinajstić information content (AvgIpc) is 2.81. The van der Waals surface area contributed by atoms with Gasteiger partial charge in [0.2, 0.25) is 0 Å². The lowest BCUT2D eigenvalue weighted by molar-refractivity contribution is -0.120. The second-order valence-corrected chi connectivity index (χ2v) is 6.20. The molecule has 0 aromatic carbocycles. The molecule has 2 saturated heterocycles. The molecule has 1 atom stereocenters. The van der Waals surface area contributed by atoms with E-state index in [-0.39, 0.29) is 0 Å². The molecule has 2 aliphatic heterocycles. The van der Waals surface area contributed by atoms with Crippen LogP contribution in [0.4, 0.5) is 0 Å². The second kappa shape index (κ2) is 6.65. The fourth-order valence-electron chi connectivity index (χ4n) is 2.57. The summed E-state index contributed by atoms with van der Waals surface area (Å²) in [4.78, 5) is 11.8. The van der Waals surface area contributed by atoms with Crippen LogP contribution in [0.2, 0.25) is 0 Å². The first-order valence-corrected chi connectivity index (χ1v) is 7.71. The Bertz CT molecular complexity index is 218. The molecule has 1 unspecified atom stereocenters. The SMILES string of the molecule is O=C(CCC1CCCO1)CC1CCSCC1. The summed E-state index contributed by atoms with van der Waals surface area (Å²) in [5, 5.41) is 0. The van der Waals surface area contributed by atoms with Crippen molar-refractivity contribution in [3.05, 3.63) is 0 Å². The van der Waals surface area contributed by atoms with Gasteiger partial charge in [-0.1, -0.05) is 0 Å². The maximum atomic E-state index is 11.8. The van der Waals surface area contributed by atoms with Gasteiger partial charge in [0, 0.05) is 19.4 Å². The molecule has 92 valence electrons. The van der Waals surface area contributed by atoms with E-state index < -0.39 is 0 Å². The molecular weight excluding hydrogens is 220 g/mol. The van der Waals surface area contributed by atoms with Crippen molar-refractivity contribution in [2.45, 2.75) is 51.0 Å². The molecule has 0 N–H and O–H groups in total. The van der Waals surface area contributed by atoms with E-state index in [1.165, 1.54) is 30.8 Å². The highest BCUT2D eigenvalue weighted by atomic mass is 32.2. The molecule has 0 radical (unpaired) electrons. The molecule has 0 bridgehead atoms. The number of hydrogen-bond acceptors (Lipinski definition) is 3. The molecule has 0 aliphatic carbocycles. The van der Waals surface area contributed by atoms with E-state index in [2.05, 4.69) is 0 Å². The fourth-order valence-corrected chi connectivity index (χ4v) is 3.77. The van der Waals surface area contributed by atoms with E-state index in [0.29, 0.717) is 17.8 Å². The Morgan fingerprint density at radius 3 is 2.75 bits per heavy atom. The third-order valence-corrected chi connectivity index (χ3v) is 4.68. The van der Waals surface area contributed by atoms with Crippen LogP contribution >= 0.6 is 11.8 Å². The maximum absolute atomic E-state index is 11.8. The van der Waals surface area contributed by atoms with E-state index in [9.17, 15) is 4.79 Å². The van der Waals surface area contributed by atoms with E-state index in [1.54, 1.807) is 0 Å². The molecule has 2 nitrogen and oxygen atoms in total. The molecule has 2 aliphatic rings. The Hall–Kier alpha value is -0.0200. The van der Waals surface area contributed by atoms with Gasteiger partial charge in [-0.05, 0) is 49.5 Å². The number of ether oxygens (including phenoxy) is 1. The van der Waals surface area contributed by atoms with Gasteiger partial charge in [-0.3, -0.25) is 4.79 Å². The minimum absolute atomic E-state index is 0.380. The topological polar surface area (TPSA) is 26.3 Å². The molecule has 2 fully saturated rings. The fraction of sp³-hybridized carbons (Fsp3) is 0.923. The molecule has 0 spiro atoms. The van der Waals surface area contributed by atoms with Crippen LogP contribution in [0.5, 0.6) is 0 Å². The van der Waals surface area contributed by atoms with Gasteiger partial charge in [-0.15, -0.1) is 0 Å². The molecular formula is C13H22O2S. The van der Waals surface area contributed by atoms with Gasteiger partial charge in [-0.2, -0.15) is 11.8 Å². The number of thioether (sulfide) groups is 1. The second-order valence-electron chi connectivity index (χ2n) is 4.97. The summed E-state index contributed by atoms with van der Waals surface area (Å²) in [6, 6.07) is 0. The van der Waals surface area contributed by atoms with Crippen molar-refractivity contribution < 1.29 is 9.53 Å². The van der Waals surface area contributed by atoms with E-state index in [1.807, 2.05) is 11.8 Å². The zero-order valence-corrected chi connectivity index (χ0v) is 10.8.